The standard InChI is InChI=1S/C44H42Si/c1-31-28-35(33-16-9-6-10-17-33)30-42(31)45(37-18-11-7-12-19-37,38-20-13-8-14-21-38)43-32(2)29-41-39(22-15-23-40(41)43)34-24-26-36(27-25-34)44(3,4)5/h6-30,42-43H,1-5H3. The van der Waals surface area contributed by atoms with Crippen molar-refractivity contribution in [1.82, 2.24) is 0 Å². The summed E-state index contributed by atoms with van der Waals surface area (Å²) >= 11 is 0. The summed E-state index contributed by atoms with van der Waals surface area (Å²) in [4.78, 5) is 0. The van der Waals surface area contributed by atoms with E-state index in [2.05, 4.69) is 186 Å². The Kier molecular flexibility index (Phi) is 7.46. The number of hydrogen-bond acceptors (Lipinski definition) is 0. The highest BCUT2D eigenvalue weighted by Gasteiger charge is 2.54. The molecule has 2 aliphatic carbocycles. The first-order valence-corrected chi connectivity index (χ1v) is 18.4. The molecule has 0 fully saturated rings. The van der Waals surface area contributed by atoms with Crippen LogP contribution in [0.5, 0.6) is 0 Å². The average Bonchev–Trinajstić information content (AvgIpc) is 3.62. The van der Waals surface area contributed by atoms with Crippen LogP contribution >= 0.6 is 0 Å². The van der Waals surface area contributed by atoms with Gasteiger partial charge in [-0.15, -0.1) is 0 Å². The van der Waals surface area contributed by atoms with Crippen LogP contribution in [0.25, 0.3) is 22.8 Å². The zero-order valence-electron chi connectivity index (χ0n) is 27.1. The van der Waals surface area contributed by atoms with Crippen molar-refractivity contribution in [2.24, 2.45) is 0 Å². The third kappa shape index (κ3) is 5.00. The van der Waals surface area contributed by atoms with Crippen molar-refractivity contribution < 1.29 is 0 Å². The molecule has 0 saturated carbocycles. The third-order valence-electron chi connectivity index (χ3n) is 10.1. The molecule has 0 amide bonds. The van der Waals surface area contributed by atoms with Gasteiger partial charge in [-0.1, -0.05) is 194 Å². The predicted octanol–water partition coefficient (Wildman–Crippen LogP) is 10.4. The van der Waals surface area contributed by atoms with Gasteiger partial charge in [-0.05, 0) is 58.2 Å². The van der Waals surface area contributed by atoms with Crippen LogP contribution in [0, 0.1) is 0 Å². The van der Waals surface area contributed by atoms with Gasteiger partial charge in [0.1, 0.15) is 8.07 Å². The van der Waals surface area contributed by atoms with E-state index in [1.807, 2.05) is 0 Å². The molecule has 5 aromatic rings. The van der Waals surface area contributed by atoms with Crippen molar-refractivity contribution in [2.45, 2.75) is 51.1 Å². The van der Waals surface area contributed by atoms with E-state index in [1.165, 1.54) is 60.5 Å². The normalized spacial score (nSPS) is 17.8. The lowest BCUT2D eigenvalue weighted by Gasteiger charge is -2.44. The van der Waals surface area contributed by atoms with E-state index in [4.69, 9.17) is 0 Å². The lowest BCUT2D eigenvalue weighted by atomic mass is 9.86. The number of benzene rings is 5. The van der Waals surface area contributed by atoms with Crippen LogP contribution in [0.1, 0.15) is 62.4 Å². The van der Waals surface area contributed by atoms with Crippen LogP contribution in [0.2, 0.25) is 5.54 Å². The Hall–Kier alpha value is -4.46. The molecule has 2 aliphatic rings. The van der Waals surface area contributed by atoms with Crippen molar-refractivity contribution in [3.8, 4) is 11.1 Å². The van der Waals surface area contributed by atoms with E-state index in [1.54, 1.807) is 0 Å². The van der Waals surface area contributed by atoms with Crippen molar-refractivity contribution in [1.29, 1.82) is 0 Å². The highest BCUT2D eigenvalue weighted by molar-refractivity contribution is 7.05. The summed E-state index contributed by atoms with van der Waals surface area (Å²) in [6.45, 7) is 11.6. The van der Waals surface area contributed by atoms with Gasteiger partial charge in [0, 0.05) is 11.1 Å². The minimum absolute atomic E-state index is 0.133. The van der Waals surface area contributed by atoms with E-state index in [-0.39, 0.29) is 5.41 Å². The SMILES string of the molecule is CC1=CC(c2ccccc2)=CC1[Si](c1ccccc1)(c1ccccc1)C1C(C)=Cc2c(-c3ccc(C(C)(C)C)cc3)cccc21. The van der Waals surface area contributed by atoms with Crippen LogP contribution < -0.4 is 10.4 Å². The maximum atomic E-state index is 2.61. The smallest absolute Gasteiger partial charge is 0.0715 e. The van der Waals surface area contributed by atoms with Crippen LogP contribution in [0.3, 0.4) is 0 Å². The Morgan fingerprint density at radius 1 is 0.533 bits per heavy atom. The molecule has 45 heavy (non-hydrogen) atoms. The number of allylic oxidation sites excluding steroid dienone is 5. The van der Waals surface area contributed by atoms with Gasteiger partial charge in [-0.3, -0.25) is 0 Å². The summed E-state index contributed by atoms with van der Waals surface area (Å²) in [5, 5.41) is 2.98. The van der Waals surface area contributed by atoms with Crippen LogP contribution in [-0.2, 0) is 5.41 Å². The predicted molar refractivity (Wildman–Crippen MR) is 197 cm³/mol. The van der Waals surface area contributed by atoms with Crippen molar-refractivity contribution in [3.63, 3.8) is 0 Å². The second-order valence-electron chi connectivity index (χ2n) is 13.9. The second-order valence-corrected chi connectivity index (χ2v) is 18.0. The van der Waals surface area contributed by atoms with E-state index in [0.717, 1.165) is 0 Å². The molecule has 1 heteroatoms. The van der Waals surface area contributed by atoms with Crippen molar-refractivity contribution in [3.05, 3.63) is 179 Å². The number of hydrogen-bond donors (Lipinski definition) is 0. The summed E-state index contributed by atoms with van der Waals surface area (Å²) in [7, 11) is -2.60. The molecule has 0 aromatic heterocycles. The largest absolute Gasteiger partial charge is 0.139 e. The topological polar surface area (TPSA) is 0 Å². The Morgan fingerprint density at radius 2 is 1.11 bits per heavy atom. The zero-order valence-corrected chi connectivity index (χ0v) is 28.1. The number of rotatable bonds is 6. The zero-order chi connectivity index (χ0) is 31.2. The summed E-state index contributed by atoms with van der Waals surface area (Å²) in [6, 6.07) is 50.2. The summed E-state index contributed by atoms with van der Waals surface area (Å²) in [5.41, 5.74) is 13.2. The summed E-state index contributed by atoms with van der Waals surface area (Å²) < 4.78 is 0. The molecule has 7 rings (SSSR count). The molecule has 0 bridgehead atoms. The molecule has 0 nitrogen and oxygen atoms in total. The molecule has 0 radical (unpaired) electrons. The molecule has 2 unspecified atom stereocenters. The molecule has 0 saturated heterocycles. The molecule has 222 valence electrons. The molecular weight excluding hydrogens is 557 g/mol. The van der Waals surface area contributed by atoms with Gasteiger partial charge in [0.2, 0.25) is 0 Å². The monoisotopic (exact) mass is 598 g/mol. The average molecular weight is 599 g/mol. The van der Waals surface area contributed by atoms with Crippen LogP contribution in [0.15, 0.2) is 157 Å². The minimum Gasteiger partial charge on any atom is -0.0715 e. The highest BCUT2D eigenvalue weighted by Crippen LogP contribution is 2.52. The quantitative estimate of drug-likeness (QED) is 0.171. The molecule has 2 atom stereocenters. The van der Waals surface area contributed by atoms with Gasteiger partial charge >= 0.3 is 0 Å². The first kappa shape index (κ1) is 29.3. The first-order chi connectivity index (χ1) is 21.8. The van der Waals surface area contributed by atoms with Gasteiger partial charge in [0.05, 0.1) is 0 Å². The Balaban J connectivity index is 1.47. The third-order valence-corrected chi connectivity index (χ3v) is 16.0. The highest BCUT2D eigenvalue weighted by atomic mass is 28.3. The lowest BCUT2D eigenvalue weighted by molar-refractivity contribution is 0.590. The Labute approximate surface area is 270 Å². The lowest BCUT2D eigenvalue weighted by Crippen LogP contribution is -2.65. The fourth-order valence-electron chi connectivity index (χ4n) is 8.02. The van der Waals surface area contributed by atoms with E-state index in [0.29, 0.717) is 11.1 Å². The second kappa shape index (κ2) is 11.5. The molecule has 5 aromatic carbocycles. The maximum absolute atomic E-state index is 2.61. The fraction of sp³-hybridized carbons (Fsp3) is 0.182. The van der Waals surface area contributed by atoms with Crippen molar-refractivity contribution in [2.75, 3.05) is 0 Å². The van der Waals surface area contributed by atoms with E-state index in [9.17, 15) is 0 Å². The van der Waals surface area contributed by atoms with Gasteiger partial charge < -0.3 is 0 Å². The molecule has 0 heterocycles. The number of fused-ring (bicyclic) bond motifs is 1. The van der Waals surface area contributed by atoms with Crippen molar-refractivity contribution >= 4 is 30.1 Å². The molecule has 0 N–H and O–H groups in total. The van der Waals surface area contributed by atoms with Gasteiger partial charge in [0.25, 0.3) is 0 Å². The first-order valence-electron chi connectivity index (χ1n) is 16.3. The van der Waals surface area contributed by atoms with Gasteiger partial charge in [-0.2, -0.15) is 0 Å². The maximum Gasteiger partial charge on any atom is 0.139 e. The van der Waals surface area contributed by atoms with E-state index >= 15 is 0 Å². The Bertz CT molecular complexity index is 1880. The van der Waals surface area contributed by atoms with Gasteiger partial charge in [0.15, 0.2) is 0 Å². The summed E-state index contributed by atoms with van der Waals surface area (Å²) in [6.07, 6.45) is 7.57. The van der Waals surface area contributed by atoms with Gasteiger partial charge in [-0.25, -0.2) is 0 Å². The fourth-order valence-corrected chi connectivity index (χ4v) is 14.4. The minimum atomic E-state index is -2.60. The Morgan fingerprint density at radius 3 is 1.69 bits per heavy atom. The summed E-state index contributed by atoms with van der Waals surface area (Å²) in [5.74, 6) is 0. The van der Waals surface area contributed by atoms with Crippen LogP contribution in [-0.4, -0.2) is 8.07 Å². The van der Waals surface area contributed by atoms with Crippen LogP contribution in [0.4, 0.5) is 0 Å². The molecule has 0 spiro atoms. The molecular formula is C44H42Si. The van der Waals surface area contributed by atoms with E-state index < -0.39 is 8.07 Å². The molecule has 0 aliphatic heterocycles.